The van der Waals surface area contributed by atoms with Crippen LogP contribution < -0.4 is 5.32 Å². The Kier molecular flexibility index (Phi) is 6.86. The van der Waals surface area contributed by atoms with Gasteiger partial charge < -0.3 is 5.32 Å². The molecule has 1 unspecified atom stereocenters. The first kappa shape index (κ1) is 13.8. The van der Waals surface area contributed by atoms with Crippen LogP contribution in [0.2, 0.25) is 0 Å². The Morgan fingerprint density at radius 2 is 2.06 bits per heavy atom. The van der Waals surface area contributed by atoms with E-state index in [-0.39, 0.29) is 11.9 Å². The fourth-order valence-electron chi connectivity index (χ4n) is 2.39. The molecular formula is C13H24ClNO. The second-order valence-corrected chi connectivity index (χ2v) is 5.37. The maximum absolute atomic E-state index is 11.6. The summed E-state index contributed by atoms with van der Waals surface area (Å²) in [7, 11) is 0. The molecule has 0 radical (unpaired) electrons. The van der Waals surface area contributed by atoms with Crippen LogP contribution in [0, 0.1) is 5.92 Å². The first-order chi connectivity index (χ1) is 7.72. The first-order valence-electron chi connectivity index (χ1n) is 6.57. The Hall–Kier alpha value is -0.240. The average Bonchev–Trinajstić information content (AvgIpc) is 2.28. The average molecular weight is 246 g/mol. The third kappa shape index (κ3) is 5.74. The molecule has 0 bridgehead atoms. The molecule has 1 aliphatic rings. The lowest BCUT2D eigenvalue weighted by Crippen LogP contribution is -2.33. The summed E-state index contributed by atoms with van der Waals surface area (Å²) in [6, 6.07) is 0.219. The standard InChI is InChI=1S/C13H24ClNO/c1-11(9-10-14)15-13(16)8-7-12-5-3-2-4-6-12/h11-12H,2-10H2,1H3,(H,15,16). The Labute approximate surface area is 104 Å². The van der Waals surface area contributed by atoms with Gasteiger partial charge in [0.1, 0.15) is 0 Å². The Bertz CT molecular complexity index is 202. The molecule has 1 atom stereocenters. The lowest BCUT2D eigenvalue weighted by Gasteiger charge is -2.21. The van der Waals surface area contributed by atoms with Crippen molar-refractivity contribution >= 4 is 17.5 Å². The van der Waals surface area contributed by atoms with Gasteiger partial charge in [-0.15, -0.1) is 11.6 Å². The number of carbonyl (C=O) groups is 1. The summed E-state index contributed by atoms with van der Waals surface area (Å²) in [4.78, 5) is 11.6. The van der Waals surface area contributed by atoms with E-state index in [2.05, 4.69) is 5.32 Å². The molecule has 1 saturated carbocycles. The van der Waals surface area contributed by atoms with E-state index in [1.54, 1.807) is 0 Å². The number of rotatable bonds is 6. The lowest BCUT2D eigenvalue weighted by molar-refractivity contribution is -0.122. The predicted octanol–water partition coefficient (Wildman–Crippen LogP) is 3.48. The summed E-state index contributed by atoms with van der Waals surface area (Å²) in [5.41, 5.74) is 0. The van der Waals surface area contributed by atoms with E-state index in [0.717, 1.165) is 18.8 Å². The number of alkyl halides is 1. The molecule has 0 aromatic heterocycles. The van der Waals surface area contributed by atoms with Gasteiger partial charge in [-0.25, -0.2) is 0 Å². The van der Waals surface area contributed by atoms with Crippen molar-refractivity contribution in [2.24, 2.45) is 5.92 Å². The molecule has 1 amide bonds. The zero-order valence-electron chi connectivity index (χ0n) is 10.3. The largest absolute Gasteiger partial charge is 0.354 e. The van der Waals surface area contributed by atoms with Crippen LogP contribution in [0.3, 0.4) is 0 Å². The molecule has 1 fully saturated rings. The summed E-state index contributed by atoms with van der Waals surface area (Å²) in [6.45, 7) is 2.01. The number of nitrogens with one attached hydrogen (secondary N) is 1. The molecular weight excluding hydrogens is 222 g/mol. The van der Waals surface area contributed by atoms with Gasteiger partial charge in [0.25, 0.3) is 0 Å². The highest BCUT2D eigenvalue weighted by Crippen LogP contribution is 2.27. The maximum atomic E-state index is 11.6. The normalized spacial score (nSPS) is 19.4. The predicted molar refractivity (Wildman–Crippen MR) is 68.8 cm³/mol. The SMILES string of the molecule is CC(CCCl)NC(=O)CCC1CCCCC1. The van der Waals surface area contributed by atoms with Crippen molar-refractivity contribution in [3.63, 3.8) is 0 Å². The van der Waals surface area contributed by atoms with Gasteiger partial charge in [-0.1, -0.05) is 32.1 Å². The zero-order valence-corrected chi connectivity index (χ0v) is 11.1. The van der Waals surface area contributed by atoms with Crippen LogP contribution in [0.25, 0.3) is 0 Å². The van der Waals surface area contributed by atoms with E-state index in [9.17, 15) is 4.79 Å². The summed E-state index contributed by atoms with van der Waals surface area (Å²) in [6.07, 6.45) is 9.36. The van der Waals surface area contributed by atoms with Crippen molar-refractivity contribution in [1.29, 1.82) is 0 Å². The number of hydrogen-bond acceptors (Lipinski definition) is 1. The highest BCUT2D eigenvalue weighted by molar-refractivity contribution is 6.17. The Balaban J connectivity index is 2.09. The summed E-state index contributed by atoms with van der Waals surface area (Å²) < 4.78 is 0. The quantitative estimate of drug-likeness (QED) is 0.714. The second kappa shape index (κ2) is 7.94. The molecule has 0 spiro atoms. The van der Waals surface area contributed by atoms with Crippen molar-refractivity contribution in [3.8, 4) is 0 Å². The van der Waals surface area contributed by atoms with Gasteiger partial charge in [0.05, 0.1) is 0 Å². The number of halogens is 1. The minimum absolute atomic E-state index is 0.197. The number of amides is 1. The van der Waals surface area contributed by atoms with Gasteiger partial charge >= 0.3 is 0 Å². The first-order valence-corrected chi connectivity index (χ1v) is 7.11. The lowest BCUT2D eigenvalue weighted by atomic mass is 9.86. The van der Waals surface area contributed by atoms with Crippen LogP contribution in [-0.4, -0.2) is 17.8 Å². The van der Waals surface area contributed by atoms with Crippen LogP contribution >= 0.6 is 11.6 Å². The zero-order chi connectivity index (χ0) is 11.8. The van der Waals surface area contributed by atoms with E-state index >= 15 is 0 Å². The van der Waals surface area contributed by atoms with Gasteiger partial charge in [0.2, 0.25) is 5.91 Å². The van der Waals surface area contributed by atoms with Crippen molar-refractivity contribution in [3.05, 3.63) is 0 Å². The van der Waals surface area contributed by atoms with E-state index in [1.165, 1.54) is 32.1 Å². The van der Waals surface area contributed by atoms with Crippen LogP contribution in [0.15, 0.2) is 0 Å². The van der Waals surface area contributed by atoms with Gasteiger partial charge in [-0.05, 0) is 25.7 Å². The summed E-state index contributed by atoms with van der Waals surface area (Å²) >= 11 is 5.63. The third-order valence-corrected chi connectivity index (χ3v) is 3.67. The minimum atomic E-state index is 0.197. The Morgan fingerprint density at radius 1 is 1.38 bits per heavy atom. The topological polar surface area (TPSA) is 29.1 Å². The van der Waals surface area contributed by atoms with Crippen molar-refractivity contribution in [2.75, 3.05) is 5.88 Å². The highest BCUT2D eigenvalue weighted by Gasteiger charge is 2.15. The van der Waals surface area contributed by atoms with Gasteiger partial charge in [0.15, 0.2) is 0 Å². The van der Waals surface area contributed by atoms with Crippen molar-refractivity contribution in [1.82, 2.24) is 5.32 Å². The second-order valence-electron chi connectivity index (χ2n) is 4.99. The van der Waals surface area contributed by atoms with E-state index in [0.29, 0.717) is 12.3 Å². The van der Waals surface area contributed by atoms with Crippen LogP contribution in [-0.2, 0) is 4.79 Å². The van der Waals surface area contributed by atoms with E-state index < -0.39 is 0 Å². The molecule has 3 heteroatoms. The third-order valence-electron chi connectivity index (χ3n) is 3.45. The number of carbonyl (C=O) groups excluding carboxylic acids is 1. The molecule has 0 aliphatic heterocycles. The molecule has 94 valence electrons. The highest BCUT2D eigenvalue weighted by atomic mass is 35.5. The summed E-state index contributed by atoms with van der Waals surface area (Å²) in [5, 5.41) is 3.00. The fourth-order valence-corrected chi connectivity index (χ4v) is 2.72. The van der Waals surface area contributed by atoms with E-state index in [1.807, 2.05) is 6.92 Å². The monoisotopic (exact) mass is 245 g/mol. The van der Waals surface area contributed by atoms with Crippen molar-refractivity contribution < 1.29 is 4.79 Å². The molecule has 0 saturated heterocycles. The molecule has 0 aromatic carbocycles. The smallest absolute Gasteiger partial charge is 0.220 e. The molecule has 1 aliphatic carbocycles. The van der Waals surface area contributed by atoms with Gasteiger partial charge in [-0.2, -0.15) is 0 Å². The molecule has 2 nitrogen and oxygen atoms in total. The summed E-state index contributed by atoms with van der Waals surface area (Å²) in [5.74, 6) is 1.61. The van der Waals surface area contributed by atoms with Crippen LogP contribution in [0.5, 0.6) is 0 Å². The van der Waals surface area contributed by atoms with Crippen LogP contribution in [0.4, 0.5) is 0 Å². The molecule has 1 rings (SSSR count). The molecule has 16 heavy (non-hydrogen) atoms. The fraction of sp³-hybridized carbons (Fsp3) is 0.923. The van der Waals surface area contributed by atoms with Gasteiger partial charge in [-0.3, -0.25) is 4.79 Å². The number of hydrogen-bond donors (Lipinski definition) is 1. The minimum Gasteiger partial charge on any atom is -0.354 e. The van der Waals surface area contributed by atoms with E-state index in [4.69, 9.17) is 11.6 Å². The Morgan fingerprint density at radius 3 is 2.69 bits per heavy atom. The molecule has 0 heterocycles. The maximum Gasteiger partial charge on any atom is 0.220 e. The van der Waals surface area contributed by atoms with Gasteiger partial charge in [0, 0.05) is 18.3 Å². The molecule has 0 aromatic rings. The van der Waals surface area contributed by atoms with Crippen molar-refractivity contribution in [2.45, 2.75) is 64.3 Å². The van der Waals surface area contributed by atoms with Crippen LogP contribution in [0.1, 0.15) is 58.3 Å². The molecule has 1 N–H and O–H groups in total.